The minimum Gasteiger partial charge on any atom is -0.465 e. The fourth-order valence-electron chi connectivity index (χ4n) is 2.03. The van der Waals surface area contributed by atoms with Gasteiger partial charge in [0.1, 0.15) is 0 Å². The molecule has 2 rings (SSSR count). The number of carbonyl (C=O) groups excluding carboxylic acids is 2. The Morgan fingerprint density at radius 3 is 2.54 bits per heavy atom. The van der Waals surface area contributed by atoms with Crippen molar-refractivity contribution in [1.82, 2.24) is 0 Å². The third-order valence-electron chi connectivity index (χ3n) is 3.35. The van der Waals surface area contributed by atoms with Crippen molar-refractivity contribution < 1.29 is 14.3 Å². The van der Waals surface area contributed by atoms with Gasteiger partial charge in [0.2, 0.25) is 5.91 Å². The van der Waals surface area contributed by atoms with E-state index in [2.05, 4.69) is 21.2 Å². The molecule has 24 heavy (non-hydrogen) atoms. The zero-order valence-electron chi connectivity index (χ0n) is 13.5. The summed E-state index contributed by atoms with van der Waals surface area (Å²) in [6.45, 7) is 1.88. The molecule has 2 aromatic rings. The summed E-state index contributed by atoms with van der Waals surface area (Å²) in [5, 5.41) is 2.85. The summed E-state index contributed by atoms with van der Waals surface area (Å²) in [5.41, 5.74) is 3.11. The molecule has 4 nitrogen and oxygen atoms in total. The second-order valence-electron chi connectivity index (χ2n) is 5.19. The number of nitrogens with one attached hydrogen (secondary N) is 1. The number of carbonyl (C=O) groups is 2. The van der Waals surface area contributed by atoms with Crippen LogP contribution in [0.3, 0.4) is 0 Å². The smallest absolute Gasteiger partial charge is 0.337 e. The Morgan fingerprint density at radius 1 is 1.17 bits per heavy atom. The summed E-state index contributed by atoms with van der Waals surface area (Å²) in [7, 11) is 1.33. The number of hydrogen-bond acceptors (Lipinski definition) is 4. The highest BCUT2D eigenvalue weighted by molar-refractivity contribution is 9.10. The molecule has 0 saturated carbocycles. The number of aryl methyl sites for hydroxylation is 1. The van der Waals surface area contributed by atoms with Crippen LogP contribution in [0, 0.1) is 6.92 Å². The van der Waals surface area contributed by atoms with E-state index in [1.807, 2.05) is 31.2 Å². The van der Waals surface area contributed by atoms with Crippen LogP contribution in [0.5, 0.6) is 0 Å². The van der Waals surface area contributed by atoms with Crippen LogP contribution in [-0.2, 0) is 15.3 Å². The van der Waals surface area contributed by atoms with Crippen molar-refractivity contribution >= 4 is 45.3 Å². The molecule has 0 aliphatic carbocycles. The Morgan fingerprint density at radius 2 is 1.88 bits per heavy atom. The van der Waals surface area contributed by atoms with Gasteiger partial charge in [-0.05, 0) is 42.3 Å². The Kier molecular flexibility index (Phi) is 6.87. The van der Waals surface area contributed by atoms with Crippen LogP contribution < -0.4 is 5.32 Å². The summed E-state index contributed by atoms with van der Waals surface area (Å²) >= 11 is 4.94. The van der Waals surface area contributed by atoms with Crippen LogP contribution in [0.2, 0.25) is 0 Å². The lowest BCUT2D eigenvalue weighted by molar-refractivity contribution is -0.113. The van der Waals surface area contributed by atoms with Gasteiger partial charge in [-0.15, -0.1) is 11.8 Å². The van der Waals surface area contributed by atoms with Gasteiger partial charge in [0, 0.05) is 15.9 Å². The molecule has 0 bridgehead atoms. The van der Waals surface area contributed by atoms with E-state index in [9.17, 15) is 9.59 Å². The van der Waals surface area contributed by atoms with Crippen LogP contribution >= 0.6 is 27.7 Å². The lowest BCUT2D eigenvalue weighted by Gasteiger charge is -2.10. The molecule has 0 heterocycles. The molecule has 2 aromatic carbocycles. The van der Waals surface area contributed by atoms with E-state index in [1.165, 1.54) is 12.7 Å². The van der Waals surface area contributed by atoms with E-state index in [0.717, 1.165) is 15.8 Å². The van der Waals surface area contributed by atoms with Gasteiger partial charge in [0.15, 0.2) is 0 Å². The quantitative estimate of drug-likeness (QED) is 0.720. The first-order valence-electron chi connectivity index (χ1n) is 7.30. The standard InChI is InChI=1S/C18H18BrNO3S/c1-12-3-6-14(18(22)23-2)9-16(12)20-17(21)11-24-10-13-4-7-15(19)8-5-13/h3-9H,10-11H2,1-2H3,(H,20,21). The molecular weight excluding hydrogens is 390 g/mol. The molecule has 0 spiro atoms. The normalized spacial score (nSPS) is 10.3. The number of methoxy groups -OCH3 is 1. The van der Waals surface area contributed by atoms with Gasteiger partial charge in [-0.25, -0.2) is 4.79 Å². The van der Waals surface area contributed by atoms with Crippen molar-refractivity contribution in [2.24, 2.45) is 0 Å². The Hall–Kier alpha value is -1.79. The highest BCUT2D eigenvalue weighted by Crippen LogP contribution is 2.19. The van der Waals surface area contributed by atoms with Gasteiger partial charge in [-0.2, -0.15) is 0 Å². The molecule has 0 fully saturated rings. The number of amides is 1. The van der Waals surface area contributed by atoms with Crippen molar-refractivity contribution in [2.45, 2.75) is 12.7 Å². The molecule has 6 heteroatoms. The monoisotopic (exact) mass is 407 g/mol. The van der Waals surface area contributed by atoms with Crippen molar-refractivity contribution in [3.8, 4) is 0 Å². The van der Waals surface area contributed by atoms with Crippen LogP contribution in [0.25, 0.3) is 0 Å². The molecule has 0 aliphatic heterocycles. The zero-order chi connectivity index (χ0) is 17.5. The maximum Gasteiger partial charge on any atom is 0.337 e. The minimum atomic E-state index is -0.421. The average Bonchev–Trinajstić information content (AvgIpc) is 2.58. The number of esters is 1. The van der Waals surface area contributed by atoms with E-state index in [-0.39, 0.29) is 5.91 Å². The van der Waals surface area contributed by atoms with Gasteiger partial charge in [-0.1, -0.05) is 34.1 Å². The molecule has 1 amide bonds. The van der Waals surface area contributed by atoms with E-state index in [4.69, 9.17) is 4.74 Å². The van der Waals surface area contributed by atoms with E-state index in [0.29, 0.717) is 17.0 Å². The topological polar surface area (TPSA) is 55.4 Å². The predicted octanol–water partition coefficient (Wildman–Crippen LogP) is 4.42. The van der Waals surface area contributed by atoms with Crippen LogP contribution in [-0.4, -0.2) is 24.7 Å². The number of ether oxygens (including phenoxy) is 1. The third-order valence-corrected chi connectivity index (χ3v) is 4.88. The number of benzene rings is 2. The number of rotatable bonds is 6. The largest absolute Gasteiger partial charge is 0.465 e. The summed E-state index contributed by atoms with van der Waals surface area (Å²) in [6.07, 6.45) is 0. The Bertz CT molecular complexity index is 732. The molecule has 0 radical (unpaired) electrons. The first-order chi connectivity index (χ1) is 11.5. The zero-order valence-corrected chi connectivity index (χ0v) is 15.9. The highest BCUT2D eigenvalue weighted by Gasteiger charge is 2.10. The number of anilines is 1. The number of thioether (sulfide) groups is 1. The lowest BCUT2D eigenvalue weighted by Crippen LogP contribution is -2.15. The molecule has 1 N–H and O–H groups in total. The first kappa shape index (κ1) is 18.5. The van der Waals surface area contributed by atoms with E-state index >= 15 is 0 Å². The minimum absolute atomic E-state index is 0.0952. The third kappa shape index (κ3) is 5.39. The van der Waals surface area contributed by atoms with Gasteiger partial charge >= 0.3 is 5.97 Å². The van der Waals surface area contributed by atoms with Gasteiger partial charge in [0.05, 0.1) is 18.4 Å². The van der Waals surface area contributed by atoms with Crippen LogP contribution in [0.15, 0.2) is 46.9 Å². The average molecular weight is 408 g/mol. The predicted molar refractivity (Wildman–Crippen MR) is 101 cm³/mol. The second kappa shape index (κ2) is 8.89. The maximum atomic E-state index is 12.1. The molecule has 126 valence electrons. The number of halogens is 1. The molecule has 0 saturated heterocycles. The number of hydrogen-bond donors (Lipinski definition) is 1. The van der Waals surface area contributed by atoms with Crippen LogP contribution in [0.1, 0.15) is 21.5 Å². The Balaban J connectivity index is 1.90. The Labute approximate surface area is 154 Å². The summed E-state index contributed by atoms with van der Waals surface area (Å²) in [5.74, 6) is 0.595. The van der Waals surface area contributed by atoms with Gasteiger partial charge < -0.3 is 10.1 Å². The molecule has 0 unspecified atom stereocenters. The molecular formula is C18H18BrNO3S. The lowest BCUT2D eigenvalue weighted by atomic mass is 10.1. The van der Waals surface area contributed by atoms with Gasteiger partial charge in [0.25, 0.3) is 0 Å². The van der Waals surface area contributed by atoms with Crippen LogP contribution in [0.4, 0.5) is 5.69 Å². The highest BCUT2D eigenvalue weighted by atomic mass is 79.9. The fraction of sp³-hybridized carbons (Fsp3) is 0.222. The fourth-order valence-corrected chi connectivity index (χ4v) is 3.08. The summed E-state index contributed by atoms with van der Waals surface area (Å²) < 4.78 is 5.74. The van der Waals surface area contributed by atoms with E-state index < -0.39 is 5.97 Å². The molecule has 0 atom stereocenters. The van der Waals surface area contributed by atoms with Crippen molar-refractivity contribution in [3.05, 3.63) is 63.6 Å². The van der Waals surface area contributed by atoms with E-state index in [1.54, 1.807) is 30.0 Å². The second-order valence-corrected chi connectivity index (χ2v) is 7.09. The van der Waals surface area contributed by atoms with Gasteiger partial charge in [-0.3, -0.25) is 4.79 Å². The molecule has 0 aromatic heterocycles. The molecule has 0 aliphatic rings. The summed E-state index contributed by atoms with van der Waals surface area (Å²) in [6, 6.07) is 13.1. The first-order valence-corrected chi connectivity index (χ1v) is 9.25. The SMILES string of the molecule is COC(=O)c1ccc(C)c(NC(=O)CSCc2ccc(Br)cc2)c1. The summed E-state index contributed by atoms with van der Waals surface area (Å²) in [4.78, 5) is 23.7. The van der Waals surface area contributed by atoms with Crippen molar-refractivity contribution in [2.75, 3.05) is 18.2 Å². The van der Waals surface area contributed by atoms with Crippen molar-refractivity contribution in [3.63, 3.8) is 0 Å². The van der Waals surface area contributed by atoms with Crippen molar-refractivity contribution in [1.29, 1.82) is 0 Å². The maximum absolute atomic E-state index is 12.1.